The Labute approximate surface area is 186 Å². The third kappa shape index (κ3) is 6.25. The third-order valence-corrected chi connectivity index (χ3v) is 6.35. The van der Waals surface area contributed by atoms with Gasteiger partial charge in [-0.15, -0.1) is 0 Å². The van der Waals surface area contributed by atoms with Gasteiger partial charge < -0.3 is 20.1 Å². The number of nitrogens with zero attached hydrogens (tertiary/aromatic N) is 2. The van der Waals surface area contributed by atoms with Gasteiger partial charge in [0, 0.05) is 45.5 Å². The van der Waals surface area contributed by atoms with Crippen LogP contribution in [0.25, 0.3) is 0 Å². The lowest BCUT2D eigenvalue weighted by Crippen LogP contribution is -2.31. The van der Waals surface area contributed by atoms with Gasteiger partial charge in [0.1, 0.15) is 5.82 Å². The number of hydrogen-bond donors (Lipinski definition) is 2. The average Bonchev–Trinajstić information content (AvgIpc) is 2.76. The highest BCUT2D eigenvalue weighted by molar-refractivity contribution is 7.89. The largest absolute Gasteiger partial charge is 0.452 e. The molecule has 0 unspecified atom stereocenters. The minimum atomic E-state index is -3.82. The first-order chi connectivity index (χ1) is 15.1. The van der Waals surface area contributed by atoms with E-state index in [0.717, 1.165) is 10.4 Å². The zero-order valence-corrected chi connectivity index (χ0v) is 18.9. The van der Waals surface area contributed by atoms with Gasteiger partial charge in [-0.3, -0.25) is 4.79 Å². The summed E-state index contributed by atoms with van der Waals surface area (Å²) >= 11 is 0. The average molecular weight is 468 g/mol. The van der Waals surface area contributed by atoms with Crippen LogP contribution in [0.5, 0.6) is 0 Å². The molecular formula is C21H26FN3O6S. The van der Waals surface area contributed by atoms with Crippen LogP contribution in [0.2, 0.25) is 0 Å². The van der Waals surface area contributed by atoms with Crippen molar-refractivity contribution < 1.29 is 32.2 Å². The van der Waals surface area contributed by atoms with Gasteiger partial charge in [-0.2, -0.15) is 0 Å². The van der Waals surface area contributed by atoms with E-state index in [1.165, 1.54) is 50.3 Å². The molecule has 0 aliphatic carbocycles. The Bertz CT molecular complexity index is 1070. The highest BCUT2D eigenvalue weighted by Gasteiger charge is 2.23. The van der Waals surface area contributed by atoms with E-state index in [0.29, 0.717) is 5.56 Å². The Hall–Kier alpha value is -3.02. The molecule has 0 aromatic heterocycles. The summed E-state index contributed by atoms with van der Waals surface area (Å²) in [5.41, 5.74) is 0.451. The van der Waals surface area contributed by atoms with Crippen LogP contribution in [0.15, 0.2) is 47.4 Å². The second-order valence-electron chi connectivity index (χ2n) is 7.06. The summed E-state index contributed by atoms with van der Waals surface area (Å²) in [6, 6.07) is 9.85. The minimum Gasteiger partial charge on any atom is -0.452 e. The Morgan fingerprint density at radius 1 is 1.12 bits per heavy atom. The van der Waals surface area contributed by atoms with E-state index in [4.69, 9.17) is 9.84 Å². The molecule has 2 N–H and O–H groups in total. The van der Waals surface area contributed by atoms with Crippen LogP contribution in [0.1, 0.15) is 15.9 Å². The van der Waals surface area contributed by atoms with Crippen LogP contribution in [-0.2, 0) is 26.1 Å². The number of aliphatic hydroxyl groups is 1. The van der Waals surface area contributed by atoms with Crippen LogP contribution < -0.4 is 5.32 Å². The number of carbonyl (C=O) groups is 2. The van der Waals surface area contributed by atoms with Crippen molar-refractivity contribution in [1.29, 1.82) is 0 Å². The second kappa shape index (κ2) is 11.0. The van der Waals surface area contributed by atoms with Crippen molar-refractivity contribution in [2.45, 2.75) is 11.4 Å². The summed E-state index contributed by atoms with van der Waals surface area (Å²) in [5, 5.41) is 11.8. The predicted octanol–water partition coefficient (Wildman–Crippen LogP) is 1.30. The summed E-state index contributed by atoms with van der Waals surface area (Å²) < 4.78 is 44.7. The van der Waals surface area contributed by atoms with Crippen molar-refractivity contribution in [3.63, 3.8) is 0 Å². The van der Waals surface area contributed by atoms with E-state index in [1.54, 1.807) is 12.1 Å². The molecule has 2 aromatic carbocycles. The molecule has 0 atom stereocenters. The van der Waals surface area contributed by atoms with Gasteiger partial charge >= 0.3 is 5.97 Å². The van der Waals surface area contributed by atoms with Crippen LogP contribution in [-0.4, -0.2) is 75.5 Å². The lowest BCUT2D eigenvalue weighted by Gasteiger charge is -2.18. The fourth-order valence-corrected chi connectivity index (χ4v) is 3.62. The number of halogens is 1. The van der Waals surface area contributed by atoms with Gasteiger partial charge in [-0.25, -0.2) is 21.9 Å². The fraction of sp³-hybridized carbons (Fsp3) is 0.333. The van der Waals surface area contributed by atoms with E-state index in [-0.39, 0.29) is 35.8 Å². The van der Waals surface area contributed by atoms with Crippen molar-refractivity contribution >= 4 is 27.6 Å². The van der Waals surface area contributed by atoms with Gasteiger partial charge in [0.25, 0.3) is 5.91 Å². The molecule has 0 fully saturated rings. The SMILES string of the molecule is CN(Cc1ccccc1F)C(=O)COC(=O)c1cc(S(=O)(=O)N(C)C)ccc1NCCO. The number of likely N-dealkylation sites (N-methyl/N-ethyl adjacent to an activating group) is 1. The van der Waals surface area contributed by atoms with E-state index < -0.39 is 34.3 Å². The lowest BCUT2D eigenvalue weighted by atomic mass is 10.1. The van der Waals surface area contributed by atoms with Crippen molar-refractivity contribution in [1.82, 2.24) is 9.21 Å². The summed E-state index contributed by atoms with van der Waals surface area (Å²) in [4.78, 5) is 26.1. The molecule has 1 amide bonds. The zero-order chi connectivity index (χ0) is 23.9. The maximum absolute atomic E-state index is 13.8. The molecule has 0 aliphatic rings. The molecule has 11 heteroatoms. The number of anilines is 1. The number of sulfonamides is 1. The third-order valence-electron chi connectivity index (χ3n) is 4.53. The highest BCUT2D eigenvalue weighted by atomic mass is 32.2. The molecular weight excluding hydrogens is 441 g/mol. The molecule has 9 nitrogen and oxygen atoms in total. The summed E-state index contributed by atoms with van der Waals surface area (Å²) in [6.07, 6.45) is 0. The number of benzene rings is 2. The number of nitrogens with one attached hydrogen (secondary N) is 1. The van der Waals surface area contributed by atoms with E-state index in [9.17, 15) is 22.4 Å². The number of aliphatic hydroxyl groups excluding tert-OH is 1. The smallest absolute Gasteiger partial charge is 0.340 e. The Morgan fingerprint density at radius 2 is 1.81 bits per heavy atom. The second-order valence-corrected chi connectivity index (χ2v) is 9.21. The molecule has 2 aromatic rings. The Kier molecular flexibility index (Phi) is 8.70. The first-order valence-corrected chi connectivity index (χ1v) is 11.1. The van der Waals surface area contributed by atoms with E-state index in [1.807, 2.05) is 0 Å². The van der Waals surface area contributed by atoms with E-state index >= 15 is 0 Å². The summed E-state index contributed by atoms with van der Waals surface area (Å²) in [5.74, 6) is -1.94. The molecule has 0 saturated heterocycles. The van der Waals surface area contributed by atoms with Crippen LogP contribution in [0.3, 0.4) is 0 Å². The van der Waals surface area contributed by atoms with E-state index in [2.05, 4.69) is 5.32 Å². The molecule has 0 radical (unpaired) electrons. The van der Waals surface area contributed by atoms with Gasteiger partial charge in [-0.1, -0.05) is 18.2 Å². The maximum Gasteiger partial charge on any atom is 0.340 e. The minimum absolute atomic E-state index is 0.0110. The molecule has 0 spiro atoms. The van der Waals surface area contributed by atoms with Crippen LogP contribution >= 0.6 is 0 Å². The van der Waals surface area contributed by atoms with Gasteiger partial charge in [0.2, 0.25) is 10.0 Å². The van der Waals surface area contributed by atoms with Crippen LogP contribution in [0.4, 0.5) is 10.1 Å². The van der Waals surface area contributed by atoms with Crippen molar-refractivity contribution in [3.05, 3.63) is 59.4 Å². The lowest BCUT2D eigenvalue weighted by molar-refractivity contribution is -0.133. The summed E-state index contributed by atoms with van der Waals surface area (Å²) in [6.45, 7) is -0.729. The van der Waals surface area contributed by atoms with Gasteiger partial charge in [0.15, 0.2) is 6.61 Å². The van der Waals surface area contributed by atoms with Crippen molar-refractivity contribution in [3.8, 4) is 0 Å². The van der Waals surface area contributed by atoms with Crippen molar-refractivity contribution in [2.24, 2.45) is 0 Å². The zero-order valence-electron chi connectivity index (χ0n) is 18.0. The number of esters is 1. The fourth-order valence-electron chi connectivity index (χ4n) is 2.69. The predicted molar refractivity (Wildman–Crippen MR) is 116 cm³/mol. The van der Waals surface area contributed by atoms with Crippen LogP contribution in [0, 0.1) is 5.82 Å². The standard InChI is InChI=1S/C21H26FN3O6S/c1-24(2)32(29,30)16-8-9-19(23-10-11-26)17(12-16)21(28)31-14-20(27)25(3)13-15-6-4-5-7-18(15)22/h4-9,12,23,26H,10-11,13-14H2,1-3H3. The normalized spacial score (nSPS) is 11.3. The van der Waals surface area contributed by atoms with Gasteiger partial charge in [0.05, 0.1) is 17.1 Å². The highest BCUT2D eigenvalue weighted by Crippen LogP contribution is 2.23. The van der Waals surface area contributed by atoms with Crippen molar-refractivity contribution in [2.75, 3.05) is 46.2 Å². The topological polar surface area (TPSA) is 116 Å². The molecule has 0 saturated carbocycles. The van der Waals surface area contributed by atoms with Gasteiger partial charge in [-0.05, 0) is 24.3 Å². The molecule has 0 heterocycles. The summed E-state index contributed by atoms with van der Waals surface area (Å²) in [7, 11) is 0.343. The Morgan fingerprint density at radius 3 is 2.44 bits per heavy atom. The molecule has 0 aliphatic heterocycles. The molecule has 0 bridgehead atoms. The Balaban J connectivity index is 2.16. The number of amides is 1. The quantitative estimate of drug-likeness (QED) is 0.506. The number of ether oxygens (including phenoxy) is 1. The molecule has 32 heavy (non-hydrogen) atoms. The molecule has 174 valence electrons. The first-order valence-electron chi connectivity index (χ1n) is 9.63. The number of rotatable bonds is 10. The number of carbonyl (C=O) groups excluding carboxylic acids is 2. The molecule has 2 rings (SSSR count). The monoisotopic (exact) mass is 467 g/mol. The first kappa shape index (κ1) is 25.2. The number of hydrogen-bond acceptors (Lipinski definition) is 7. The maximum atomic E-state index is 13.8.